The lowest BCUT2D eigenvalue weighted by atomic mass is 9.74. The van der Waals surface area contributed by atoms with E-state index in [9.17, 15) is 28.1 Å². The highest BCUT2D eigenvalue weighted by molar-refractivity contribution is 6.34. The van der Waals surface area contributed by atoms with Gasteiger partial charge in [0.25, 0.3) is 0 Å². The number of hydrogen-bond acceptors (Lipinski definition) is 4. The zero-order valence-corrected chi connectivity index (χ0v) is 15.8. The number of nitro groups is 1. The molecular formula is C18H15Cl2F3N2O3. The van der Waals surface area contributed by atoms with E-state index in [0.29, 0.717) is 5.56 Å². The Hall–Kier alpha value is -2.16. The van der Waals surface area contributed by atoms with Crippen molar-refractivity contribution in [3.63, 3.8) is 0 Å². The van der Waals surface area contributed by atoms with Crippen LogP contribution >= 0.6 is 23.2 Å². The summed E-state index contributed by atoms with van der Waals surface area (Å²) in [5.74, 6) is -0.904. The highest BCUT2D eigenvalue weighted by atomic mass is 35.5. The molecule has 1 unspecified atom stereocenters. The molecule has 0 aliphatic heterocycles. The molecule has 0 aliphatic rings. The van der Waals surface area contributed by atoms with E-state index >= 15 is 0 Å². The number of hydrogen-bond donors (Lipinski definition) is 1. The van der Waals surface area contributed by atoms with Gasteiger partial charge in [0.15, 0.2) is 11.2 Å². The maximum absolute atomic E-state index is 14.1. The Morgan fingerprint density at radius 1 is 1.07 bits per heavy atom. The topological polar surface area (TPSA) is 86.2 Å². The molecule has 0 aliphatic carbocycles. The van der Waals surface area contributed by atoms with E-state index in [1.54, 1.807) is 0 Å². The second kappa shape index (κ2) is 8.46. The Balaban J connectivity index is 2.58. The van der Waals surface area contributed by atoms with E-state index in [-0.39, 0.29) is 22.2 Å². The van der Waals surface area contributed by atoms with Crippen molar-refractivity contribution < 1.29 is 22.9 Å². The van der Waals surface area contributed by atoms with Crippen molar-refractivity contribution in [1.29, 1.82) is 0 Å². The number of carbonyl (C=O) groups is 1. The predicted molar refractivity (Wildman–Crippen MR) is 99.3 cm³/mol. The summed E-state index contributed by atoms with van der Waals surface area (Å²) < 4.78 is 42.4. The molecule has 1 atom stereocenters. The Kier molecular flexibility index (Phi) is 6.69. The molecule has 0 heterocycles. The molecule has 0 saturated heterocycles. The van der Waals surface area contributed by atoms with Crippen molar-refractivity contribution in [2.45, 2.75) is 24.6 Å². The molecule has 10 heteroatoms. The maximum atomic E-state index is 14.1. The van der Waals surface area contributed by atoms with Gasteiger partial charge >= 0.3 is 6.18 Å². The lowest BCUT2D eigenvalue weighted by Crippen LogP contribution is -2.49. The first kappa shape index (κ1) is 22.1. The van der Waals surface area contributed by atoms with Crippen LogP contribution in [-0.2, 0) is 12.0 Å². The van der Waals surface area contributed by atoms with Gasteiger partial charge in [-0.25, -0.2) is 0 Å². The smallest absolute Gasteiger partial charge is 0.326 e. The average Bonchev–Trinajstić information content (AvgIpc) is 2.58. The van der Waals surface area contributed by atoms with Crippen LogP contribution in [0.3, 0.4) is 0 Å². The van der Waals surface area contributed by atoms with Crippen molar-refractivity contribution in [2.75, 3.05) is 6.54 Å². The normalized spacial score (nSPS) is 13.8. The molecule has 2 aromatic rings. The fourth-order valence-corrected chi connectivity index (χ4v) is 3.38. The molecule has 0 amide bonds. The van der Waals surface area contributed by atoms with Crippen LogP contribution < -0.4 is 5.73 Å². The molecule has 0 radical (unpaired) electrons. The van der Waals surface area contributed by atoms with Crippen LogP contribution in [0.1, 0.15) is 27.9 Å². The third kappa shape index (κ3) is 4.81. The molecule has 5 nitrogen and oxygen atoms in total. The number of nitrogens with zero attached hydrogens (tertiary/aromatic N) is 1. The van der Waals surface area contributed by atoms with Crippen LogP contribution in [0, 0.1) is 10.1 Å². The zero-order chi connectivity index (χ0) is 21.1. The molecule has 0 spiro atoms. The molecule has 2 rings (SSSR count). The van der Waals surface area contributed by atoms with Crippen molar-refractivity contribution in [1.82, 2.24) is 0 Å². The number of rotatable bonds is 7. The SMILES string of the molecule is NCc1ccc(C(=O)CC(C[N+](=O)[O-])(c2cc(Cl)cc(Cl)c2)C(F)(F)F)cc1. The summed E-state index contributed by atoms with van der Waals surface area (Å²) in [7, 11) is 0. The first-order valence-corrected chi connectivity index (χ1v) is 8.71. The zero-order valence-electron chi connectivity index (χ0n) is 14.3. The minimum Gasteiger partial charge on any atom is -0.326 e. The number of Topliss-reactive ketones (excluding diaryl/α,β-unsaturated/α-hetero) is 1. The van der Waals surface area contributed by atoms with E-state index in [4.69, 9.17) is 28.9 Å². The van der Waals surface area contributed by atoms with Gasteiger partial charge in [-0.05, 0) is 29.3 Å². The fourth-order valence-electron chi connectivity index (χ4n) is 2.86. The average molecular weight is 435 g/mol. The highest BCUT2D eigenvalue weighted by Gasteiger charge is 2.60. The van der Waals surface area contributed by atoms with Gasteiger partial charge in [0.05, 0.1) is 0 Å². The summed E-state index contributed by atoms with van der Waals surface area (Å²) in [6.45, 7) is -1.34. The van der Waals surface area contributed by atoms with Crippen LogP contribution in [0.2, 0.25) is 10.0 Å². The Morgan fingerprint density at radius 2 is 1.61 bits per heavy atom. The highest BCUT2D eigenvalue weighted by Crippen LogP contribution is 2.46. The summed E-state index contributed by atoms with van der Waals surface area (Å²) in [6.07, 6.45) is -6.28. The number of halogens is 5. The van der Waals surface area contributed by atoms with E-state index in [2.05, 4.69) is 0 Å². The summed E-state index contributed by atoms with van der Waals surface area (Å²) in [5.41, 5.74) is 2.51. The standard InChI is InChI=1S/C18H15Cl2F3N2O3/c19-14-5-13(6-15(20)7-14)17(10-25(27)28,18(21,22)23)8-16(26)12-3-1-11(9-24)2-4-12/h1-7H,8-10,24H2. The molecular weight excluding hydrogens is 420 g/mol. The fraction of sp³-hybridized carbons (Fsp3) is 0.278. The number of alkyl halides is 3. The lowest BCUT2D eigenvalue weighted by Gasteiger charge is -2.32. The summed E-state index contributed by atoms with van der Waals surface area (Å²) in [5, 5.41) is 10.9. The minimum absolute atomic E-state index is 0.0118. The number of ketones is 1. The quantitative estimate of drug-likeness (QED) is 0.385. The summed E-state index contributed by atoms with van der Waals surface area (Å²) in [6, 6.07) is 8.77. The number of nitrogens with two attached hydrogens (primary N) is 1. The summed E-state index contributed by atoms with van der Waals surface area (Å²) >= 11 is 11.6. The van der Waals surface area contributed by atoms with Gasteiger partial charge < -0.3 is 5.73 Å². The Morgan fingerprint density at radius 3 is 2.04 bits per heavy atom. The molecule has 2 aromatic carbocycles. The molecule has 2 N–H and O–H groups in total. The second-order valence-electron chi connectivity index (χ2n) is 6.23. The second-order valence-corrected chi connectivity index (χ2v) is 7.10. The van der Waals surface area contributed by atoms with Gasteiger partial charge in [0.2, 0.25) is 6.54 Å². The molecule has 0 saturated carbocycles. The molecule has 0 fully saturated rings. The Labute approximate surface area is 168 Å². The van der Waals surface area contributed by atoms with E-state index in [0.717, 1.165) is 12.1 Å². The molecule has 0 bridgehead atoms. The van der Waals surface area contributed by atoms with Gasteiger partial charge in [-0.2, -0.15) is 13.2 Å². The molecule has 0 aromatic heterocycles. The van der Waals surface area contributed by atoms with Crippen molar-refractivity contribution in [3.05, 3.63) is 79.3 Å². The van der Waals surface area contributed by atoms with Crippen LogP contribution in [0.15, 0.2) is 42.5 Å². The van der Waals surface area contributed by atoms with E-state index in [1.807, 2.05) is 0 Å². The predicted octanol–water partition coefficient (Wildman–Crippen LogP) is 4.80. The monoisotopic (exact) mass is 434 g/mol. The van der Waals surface area contributed by atoms with Crippen molar-refractivity contribution in [2.24, 2.45) is 5.73 Å². The first-order chi connectivity index (χ1) is 13.0. The van der Waals surface area contributed by atoms with Crippen LogP contribution in [0.4, 0.5) is 13.2 Å². The van der Waals surface area contributed by atoms with Gasteiger partial charge in [-0.3, -0.25) is 14.9 Å². The molecule has 150 valence electrons. The molecule has 28 heavy (non-hydrogen) atoms. The Bertz CT molecular complexity index is 868. The third-order valence-electron chi connectivity index (χ3n) is 4.33. The van der Waals surface area contributed by atoms with E-state index < -0.39 is 40.8 Å². The summed E-state index contributed by atoms with van der Waals surface area (Å²) in [4.78, 5) is 22.6. The minimum atomic E-state index is -5.11. The van der Waals surface area contributed by atoms with Crippen LogP contribution in [0.25, 0.3) is 0 Å². The van der Waals surface area contributed by atoms with Crippen molar-refractivity contribution in [3.8, 4) is 0 Å². The third-order valence-corrected chi connectivity index (χ3v) is 4.77. The van der Waals surface area contributed by atoms with Gasteiger partial charge in [0.1, 0.15) is 0 Å². The van der Waals surface area contributed by atoms with Gasteiger partial charge in [0, 0.05) is 33.5 Å². The van der Waals surface area contributed by atoms with Crippen molar-refractivity contribution >= 4 is 29.0 Å². The maximum Gasteiger partial charge on any atom is 0.405 e. The van der Waals surface area contributed by atoms with Crippen LogP contribution in [-0.4, -0.2) is 23.4 Å². The van der Waals surface area contributed by atoms with Gasteiger partial charge in [-0.15, -0.1) is 0 Å². The van der Waals surface area contributed by atoms with Crippen LogP contribution in [0.5, 0.6) is 0 Å². The number of benzene rings is 2. The van der Waals surface area contributed by atoms with Gasteiger partial charge in [-0.1, -0.05) is 47.5 Å². The first-order valence-electron chi connectivity index (χ1n) is 7.96. The number of carbonyl (C=O) groups excluding carboxylic acids is 1. The van der Waals surface area contributed by atoms with E-state index in [1.165, 1.54) is 30.3 Å². The largest absolute Gasteiger partial charge is 0.405 e. The lowest BCUT2D eigenvalue weighted by molar-refractivity contribution is -0.501.